The van der Waals surface area contributed by atoms with Crippen LogP contribution < -0.4 is 0 Å². The Morgan fingerprint density at radius 1 is 1.07 bits per heavy atom. The zero-order chi connectivity index (χ0) is 10.7. The lowest BCUT2D eigenvalue weighted by atomic mass is 9.99. The average molecular weight is 188 g/mol. The van der Waals surface area contributed by atoms with Gasteiger partial charge in [-0.15, -0.1) is 0 Å². The Bertz CT molecular complexity index is 343. The molecule has 1 aromatic rings. The predicted molar refractivity (Wildman–Crippen MR) is 61.8 cm³/mol. The van der Waals surface area contributed by atoms with Gasteiger partial charge in [0, 0.05) is 0 Å². The minimum absolute atomic E-state index is 0.0569. The van der Waals surface area contributed by atoms with Gasteiger partial charge in [0.25, 0.3) is 0 Å². The van der Waals surface area contributed by atoms with Crippen LogP contribution in [-0.2, 0) is 6.61 Å². The van der Waals surface area contributed by atoms with Crippen molar-refractivity contribution in [2.45, 2.75) is 20.5 Å². The summed E-state index contributed by atoms with van der Waals surface area (Å²) >= 11 is 0. The second-order valence-corrected chi connectivity index (χ2v) is 3.64. The first-order valence-electron chi connectivity index (χ1n) is 4.61. The second kappa shape index (κ2) is 4.25. The van der Waals surface area contributed by atoms with Crippen molar-refractivity contribution in [3.63, 3.8) is 0 Å². The van der Waals surface area contributed by atoms with Crippen molar-refractivity contribution in [1.29, 1.82) is 0 Å². The molecule has 0 aliphatic rings. The molecule has 0 atom stereocenters. The maximum absolute atomic E-state index is 9.09. The van der Waals surface area contributed by atoms with Crippen molar-refractivity contribution in [2.24, 2.45) is 0 Å². The molecule has 0 radical (unpaired) electrons. The highest BCUT2D eigenvalue weighted by Crippen LogP contribution is 2.21. The molecular weight excluding hydrogens is 172 g/mol. The molecule has 0 aromatic heterocycles. The van der Waals surface area contributed by atoms with E-state index in [2.05, 4.69) is 13.2 Å². The Labute approximate surface area is 85.4 Å². The van der Waals surface area contributed by atoms with E-state index in [4.69, 9.17) is 5.11 Å². The molecule has 0 saturated carbocycles. The van der Waals surface area contributed by atoms with Crippen LogP contribution in [0.5, 0.6) is 0 Å². The normalized spacial score (nSPS) is 9.93. The van der Waals surface area contributed by atoms with E-state index >= 15 is 0 Å². The molecule has 0 aliphatic heterocycles. The molecule has 0 bridgehead atoms. The van der Waals surface area contributed by atoms with Crippen molar-refractivity contribution in [2.75, 3.05) is 0 Å². The van der Waals surface area contributed by atoms with Crippen molar-refractivity contribution in [3.8, 4) is 0 Å². The van der Waals surface area contributed by atoms with E-state index in [9.17, 15) is 0 Å². The first-order valence-corrected chi connectivity index (χ1v) is 4.61. The number of rotatable bonds is 3. The summed E-state index contributed by atoms with van der Waals surface area (Å²) in [6, 6.07) is 5.95. The molecule has 74 valence electrons. The van der Waals surface area contributed by atoms with Gasteiger partial charge in [0.05, 0.1) is 6.61 Å². The zero-order valence-corrected chi connectivity index (χ0v) is 8.80. The Morgan fingerprint density at radius 3 is 1.79 bits per heavy atom. The summed E-state index contributed by atoms with van der Waals surface area (Å²) in [4.78, 5) is 0. The fourth-order valence-corrected chi connectivity index (χ4v) is 1.28. The van der Waals surface area contributed by atoms with Gasteiger partial charge >= 0.3 is 0 Å². The molecule has 1 heteroatoms. The molecule has 1 aromatic carbocycles. The highest BCUT2D eigenvalue weighted by atomic mass is 16.3. The van der Waals surface area contributed by atoms with E-state index in [1.165, 1.54) is 0 Å². The van der Waals surface area contributed by atoms with E-state index in [1.54, 1.807) is 0 Å². The molecule has 0 heterocycles. The van der Waals surface area contributed by atoms with Gasteiger partial charge in [0.1, 0.15) is 0 Å². The van der Waals surface area contributed by atoms with Gasteiger partial charge in [-0.1, -0.05) is 24.3 Å². The third-order valence-electron chi connectivity index (χ3n) is 2.16. The molecule has 0 aliphatic carbocycles. The van der Waals surface area contributed by atoms with Crippen LogP contribution in [0.25, 0.3) is 11.1 Å². The molecule has 0 spiro atoms. The summed E-state index contributed by atoms with van der Waals surface area (Å²) in [5.41, 5.74) is 5.04. The summed E-state index contributed by atoms with van der Waals surface area (Å²) in [5, 5.41) is 9.09. The molecule has 1 rings (SSSR count). The lowest BCUT2D eigenvalue weighted by Gasteiger charge is -2.07. The fourth-order valence-electron chi connectivity index (χ4n) is 1.28. The van der Waals surface area contributed by atoms with Gasteiger partial charge < -0.3 is 5.11 Å². The first-order chi connectivity index (χ1) is 6.54. The summed E-state index contributed by atoms with van der Waals surface area (Å²) in [5.74, 6) is 0. The number of benzene rings is 1. The van der Waals surface area contributed by atoms with Gasteiger partial charge in [0.15, 0.2) is 0 Å². The number of aliphatic hydroxyl groups excluding tert-OH is 1. The van der Waals surface area contributed by atoms with Gasteiger partial charge in [-0.25, -0.2) is 0 Å². The van der Waals surface area contributed by atoms with Crippen LogP contribution in [0, 0.1) is 0 Å². The van der Waals surface area contributed by atoms with Gasteiger partial charge in [-0.3, -0.25) is 0 Å². The fraction of sp³-hybridized carbons (Fsp3) is 0.231. The molecule has 0 fully saturated rings. The first kappa shape index (κ1) is 10.7. The molecular formula is C13H16O. The second-order valence-electron chi connectivity index (χ2n) is 3.64. The summed E-state index contributed by atoms with van der Waals surface area (Å²) in [6.45, 7) is 11.8. The van der Waals surface area contributed by atoms with Gasteiger partial charge in [-0.05, 0) is 48.7 Å². The SMILES string of the molecule is C=C(C)c1cc(CO)cc(C(=C)C)c1. The average Bonchev–Trinajstić information content (AvgIpc) is 2.16. The maximum atomic E-state index is 9.09. The third-order valence-corrected chi connectivity index (χ3v) is 2.16. The van der Waals surface area contributed by atoms with Crippen molar-refractivity contribution < 1.29 is 5.11 Å². The van der Waals surface area contributed by atoms with E-state index in [-0.39, 0.29) is 6.61 Å². The van der Waals surface area contributed by atoms with Crippen molar-refractivity contribution >= 4 is 11.1 Å². The van der Waals surface area contributed by atoms with E-state index < -0.39 is 0 Å². The van der Waals surface area contributed by atoms with E-state index in [0.29, 0.717) is 0 Å². The standard InChI is InChI=1S/C13H16O/c1-9(2)12-5-11(8-14)6-13(7-12)10(3)4/h5-7,14H,1,3,8H2,2,4H3. The van der Waals surface area contributed by atoms with Crippen LogP contribution in [0.3, 0.4) is 0 Å². The predicted octanol–water partition coefficient (Wildman–Crippen LogP) is 3.25. The van der Waals surface area contributed by atoms with Crippen LogP contribution in [0.1, 0.15) is 30.5 Å². The number of aliphatic hydroxyl groups is 1. The van der Waals surface area contributed by atoms with Gasteiger partial charge in [0.2, 0.25) is 0 Å². The Hall–Kier alpha value is -1.34. The molecule has 0 amide bonds. The van der Waals surface area contributed by atoms with Crippen LogP contribution in [0.4, 0.5) is 0 Å². The van der Waals surface area contributed by atoms with Crippen LogP contribution in [-0.4, -0.2) is 5.11 Å². The molecule has 14 heavy (non-hydrogen) atoms. The summed E-state index contributed by atoms with van der Waals surface area (Å²) in [6.07, 6.45) is 0. The summed E-state index contributed by atoms with van der Waals surface area (Å²) < 4.78 is 0. The molecule has 0 saturated heterocycles. The lowest BCUT2D eigenvalue weighted by molar-refractivity contribution is 0.282. The van der Waals surface area contributed by atoms with Crippen molar-refractivity contribution in [3.05, 3.63) is 48.0 Å². The number of hydrogen-bond donors (Lipinski definition) is 1. The number of hydrogen-bond acceptors (Lipinski definition) is 1. The van der Waals surface area contributed by atoms with Crippen LogP contribution in [0.2, 0.25) is 0 Å². The monoisotopic (exact) mass is 188 g/mol. The van der Waals surface area contributed by atoms with E-state index in [1.807, 2.05) is 32.0 Å². The molecule has 1 nitrogen and oxygen atoms in total. The number of allylic oxidation sites excluding steroid dienone is 2. The largest absolute Gasteiger partial charge is 0.392 e. The Morgan fingerprint density at radius 2 is 1.50 bits per heavy atom. The Balaban J connectivity index is 3.27. The summed E-state index contributed by atoms with van der Waals surface area (Å²) in [7, 11) is 0. The Kier molecular flexibility index (Phi) is 3.26. The quantitative estimate of drug-likeness (QED) is 0.772. The topological polar surface area (TPSA) is 20.2 Å². The lowest BCUT2D eigenvalue weighted by Crippen LogP contribution is -1.90. The zero-order valence-electron chi connectivity index (χ0n) is 8.80. The minimum Gasteiger partial charge on any atom is -0.392 e. The van der Waals surface area contributed by atoms with Gasteiger partial charge in [-0.2, -0.15) is 0 Å². The van der Waals surface area contributed by atoms with Crippen LogP contribution >= 0.6 is 0 Å². The smallest absolute Gasteiger partial charge is 0.0682 e. The van der Waals surface area contributed by atoms with Crippen molar-refractivity contribution in [1.82, 2.24) is 0 Å². The maximum Gasteiger partial charge on any atom is 0.0682 e. The minimum atomic E-state index is 0.0569. The highest BCUT2D eigenvalue weighted by molar-refractivity contribution is 5.69. The third kappa shape index (κ3) is 2.33. The van der Waals surface area contributed by atoms with E-state index in [0.717, 1.165) is 27.8 Å². The molecule has 1 N–H and O–H groups in total. The van der Waals surface area contributed by atoms with Crippen LogP contribution in [0.15, 0.2) is 31.4 Å². The highest BCUT2D eigenvalue weighted by Gasteiger charge is 2.01. The molecule has 0 unspecified atom stereocenters.